The molecule has 0 bridgehead atoms. The van der Waals surface area contributed by atoms with Gasteiger partial charge in [0.2, 0.25) is 0 Å². The highest BCUT2D eigenvalue weighted by molar-refractivity contribution is 6.48. The molecular weight excluding hydrogens is 422 g/mol. The first-order chi connectivity index (χ1) is 15.3. The van der Waals surface area contributed by atoms with Crippen molar-refractivity contribution < 1.29 is 9.59 Å². The molecule has 0 aromatic heterocycles. The Hall–Kier alpha value is -3.57. The SMILES string of the molecule is Cc1ccc(C2=C(Nc3ccc(N(C)C)cc3)C(=O)N(c3ccccc3Cl)C2=O)cc1C. The number of aryl methyl sites for hydroxylation is 2. The lowest BCUT2D eigenvalue weighted by molar-refractivity contribution is -0.120. The molecule has 2 amide bonds. The molecule has 0 saturated heterocycles. The van der Waals surface area contributed by atoms with Crippen molar-refractivity contribution in [3.05, 3.63) is 94.1 Å². The Labute approximate surface area is 192 Å². The highest BCUT2D eigenvalue weighted by Crippen LogP contribution is 2.37. The summed E-state index contributed by atoms with van der Waals surface area (Å²) < 4.78 is 0. The van der Waals surface area contributed by atoms with Crippen LogP contribution in [0.25, 0.3) is 5.57 Å². The van der Waals surface area contributed by atoms with E-state index in [2.05, 4.69) is 5.32 Å². The summed E-state index contributed by atoms with van der Waals surface area (Å²) in [5.74, 6) is -0.841. The zero-order valence-corrected chi connectivity index (χ0v) is 19.2. The molecule has 1 aliphatic rings. The van der Waals surface area contributed by atoms with E-state index in [4.69, 9.17) is 11.6 Å². The summed E-state index contributed by atoms with van der Waals surface area (Å²) in [5, 5.41) is 3.53. The smallest absolute Gasteiger partial charge is 0.282 e. The van der Waals surface area contributed by atoms with E-state index >= 15 is 0 Å². The van der Waals surface area contributed by atoms with Crippen molar-refractivity contribution in [2.45, 2.75) is 13.8 Å². The molecule has 5 nitrogen and oxygen atoms in total. The average Bonchev–Trinajstić information content (AvgIpc) is 3.00. The number of hydrogen-bond donors (Lipinski definition) is 1. The van der Waals surface area contributed by atoms with E-state index < -0.39 is 11.8 Å². The second kappa shape index (κ2) is 8.52. The Bertz CT molecular complexity index is 1250. The van der Waals surface area contributed by atoms with Gasteiger partial charge in [0.15, 0.2) is 0 Å². The van der Waals surface area contributed by atoms with Crippen LogP contribution in [0.4, 0.5) is 17.1 Å². The Balaban J connectivity index is 1.82. The summed E-state index contributed by atoms with van der Waals surface area (Å²) in [6.45, 7) is 4.00. The summed E-state index contributed by atoms with van der Waals surface area (Å²) in [7, 11) is 3.92. The quantitative estimate of drug-likeness (QED) is 0.533. The maximum absolute atomic E-state index is 13.6. The highest BCUT2D eigenvalue weighted by atomic mass is 35.5. The number of carbonyl (C=O) groups is 2. The lowest BCUT2D eigenvalue weighted by Gasteiger charge is -2.17. The van der Waals surface area contributed by atoms with Crippen LogP contribution in [0.2, 0.25) is 5.02 Å². The van der Waals surface area contributed by atoms with Gasteiger partial charge in [-0.05, 0) is 66.9 Å². The van der Waals surface area contributed by atoms with Crippen LogP contribution in [0, 0.1) is 13.8 Å². The number of imide groups is 1. The third-order valence-electron chi connectivity index (χ3n) is 5.63. The minimum atomic E-state index is -0.437. The predicted octanol–water partition coefficient (Wildman–Crippen LogP) is 5.42. The minimum Gasteiger partial charge on any atom is -0.378 e. The van der Waals surface area contributed by atoms with Gasteiger partial charge in [0.05, 0.1) is 16.3 Å². The fourth-order valence-corrected chi connectivity index (χ4v) is 3.87. The summed E-state index contributed by atoms with van der Waals surface area (Å²) in [5.41, 5.74) is 5.52. The van der Waals surface area contributed by atoms with Gasteiger partial charge in [0.1, 0.15) is 5.70 Å². The summed E-state index contributed by atoms with van der Waals surface area (Å²) in [4.78, 5) is 30.2. The number of amides is 2. The van der Waals surface area contributed by atoms with Crippen LogP contribution in [0.1, 0.15) is 16.7 Å². The highest BCUT2D eigenvalue weighted by Gasteiger charge is 2.41. The van der Waals surface area contributed by atoms with Gasteiger partial charge in [-0.15, -0.1) is 0 Å². The van der Waals surface area contributed by atoms with Crippen molar-refractivity contribution in [1.82, 2.24) is 0 Å². The Morgan fingerprint density at radius 1 is 0.844 bits per heavy atom. The van der Waals surface area contributed by atoms with Crippen LogP contribution in [-0.4, -0.2) is 25.9 Å². The maximum Gasteiger partial charge on any atom is 0.282 e. The second-order valence-corrected chi connectivity index (χ2v) is 8.42. The van der Waals surface area contributed by atoms with Gasteiger partial charge < -0.3 is 10.2 Å². The number of nitrogens with zero attached hydrogens (tertiary/aromatic N) is 2. The first-order valence-corrected chi connectivity index (χ1v) is 10.7. The van der Waals surface area contributed by atoms with E-state index in [1.807, 2.05) is 75.3 Å². The molecule has 0 atom stereocenters. The fourth-order valence-electron chi connectivity index (χ4n) is 3.65. The Kier molecular flexibility index (Phi) is 5.76. The number of hydrogen-bond acceptors (Lipinski definition) is 4. The number of carbonyl (C=O) groups excluding carboxylic acids is 2. The third-order valence-corrected chi connectivity index (χ3v) is 5.95. The summed E-state index contributed by atoms with van der Waals surface area (Å²) in [6, 6.07) is 20.3. The van der Waals surface area contributed by atoms with E-state index in [1.54, 1.807) is 24.3 Å². The molecule has 0 fully saturated rings. The molecule has 4 rings (SSSR count). The molecule has 0 radical (unpaired) electrons. The number of halogens is 1. The van der Waals surface area contributed by atoms with E-state index in [1.165, 1.54) is 0 Å². The first kappa shape index (κ1) is 21.7. The van der Waals surface area contributed by atoms with Crippen molar-refractivity contribution in [1.29, 1.82) is 0 Å². The van der Waals surface area contributed by atoms with Gasteiger partial charge in [-0.25, -0.2) is 4.90 Å². The number of rotatable bonds is 5. The largest absolute Gasteiger partial charge is 0.378 e. The molecule has 1 heterocycles. The Morgan fingerprint density at radius 2 is 1.53 bits per heavy atom. The summed E-state index contributed by atoms with van der Waals surface area (Å²) in [6.07, 6.45) is 0. The normalized spacial score (nSPS) is 13.7. The molecule has 162 valence electrons. The van der Waals surface area contributed by atoms with Gasteiger partial charge in [-0.3, -0.25) is 9.59 Å². The van der Waals surface area contributed by atoms with Crippen molar-refractivity contribution in [3.8, 4) is 0 Å². The van der Waals surface area contributed by atoms with Gasteiger partial charge in [0.25, 0.3) is 11.8 Å². The van der Waals surface area contributed by atoms with Crippen LogP contribution >= 0.6 is 11.6 Å². The molecule has 0 saturated carbocycles. The van der Waals surface area contributed by atoms with E-state index in [0.29, 0.717) is 27.5 Å². The monoisotopic (exact) mass is 445 g/mol. The number of para-hydroxylation sites is 1. The van der Waals surface area contributed by atoms with Crippen LogP contribution in [0.15, 0.2) is 72.4 Å². The van der Waals surface area contributed by atoms with Gasteiger partial charge in [0, 0.05) is 25.5 Å². The maximum atomic E-state index is 13.6. The van der Waals surface area contributed by atoms with E-state index in [-0.39, 0.29) is 5.70 Å². The number of nitrogens with one attached hydrogen (secondary N) is 1. The van der Waals surface area contributed by atoms with E-state index in [0.717, 1.165) is 21.7 Å². The van der Waals surface area contributed by atoms with Crippen molar-refractivity contribution >= 4 is 46.1 Å². The molecule has 1 N–H and O–H groups in total. The first-order valence-electron chi connectivity index (χ1n) is 10.3. The average molecular weight is 446 g/mol. The lowest BCUT2D eigenvalue weighted by atomic mass is 9.99. The molecule has 3 aromatic rings. The zero-order chi connectivity index (χ0) is 23.0. The summed E-state index contributed by atoms with van der Waals surface area (Å²) >= 11 is 6.34. The van der Waals surface area contributed by atoms with E-state index in [9.17, 15) is 9.59 Å². The zero-order valence-electron chi connectivity index (χ0n) is 18.4. The van der Waals surface area contributed by atoms with Crippen molar-refractivity contribution in [2.24, 2.45) is 0 Å². The Morgan fingerprint density at radius 3 is 2.16 bits per heavy atom. The topological polar surface area (TPSA) is 52.7 Å². The van der Waals surface area contributed by atoms with Crippen LogP contribution in [-0.2, 0) is 9.59 Å². The molecule has 3 aromatic carbocycles. The third kappa shape index (κ3) is 3.87. The molecule has 0 aliphatic carbocycles. The molecule has 6 heteroatoms. The van der Waals surface area contributed by atoms with Crippen molar-refractivity contribution in [3.63, 3.8) is 0 Å². The van der Waals surface area contributed by atoms with Crippen molar-refractivity contribution in [2.75, 3.05) is 29.2 Å². The van der Waals surface area contributed by atoms with Crippen LogP contribution in [0.3, 0.4) is 0 Å². The van der Waals surface area contributed by atoms with Gasteiger partial charge >= 0.3 is 0 Å². The van der Waals surface area contributed by atoms with Gasteiger partial charge in [-0.2, -0.15) is 0 Å². The fraction of sp³-hybridized carbons (Fsp3) is 0.154. The molecule has 1 aliphatic heterocycles. The molecule has 0 unspecified atom stereocenters. The molecule has 0 spiro atoms. The second-order valence-electron chi connectivity index (χ2n) is 8.01. The van der Waals surface area contributed by atoms with Gasteiger partial charge in [-0.1, -0.05) is 41.9 Å². The van der Waals surface area contributed by atoms with Crippen LogP contribution < -0.4 is 15.1 Å². The minimum absolute atomic E-state index is 0.232. The predicted molar refractivity (Wildman–Crippen MR) is 131 cm³/mol. The standard InChI is InChI=1S/C26H24ClN3O2/c1-16-9-10-18(15-17(16)2)23-24(28-19-11-13-20(14-12-19)29(3)4)26(32)30(25(23)31)22-8-6-5-7-21(22)27/h5-15,28H,1-4H3. The molecule has 32 heavy (non-hydrogen) atoms. The van der Waals surface area contributed by atoms with Crippen LogP contribution in [0.5, 0.6) is 0 Å². The number of anilines is 3. The molecular formula is C26H24ClN3O2. The number of benzene rings is 3. The lowest BCUT2D eigenvalue weighted by Crippen LogP contribution is -2.32.